The molecule has 0 atom stereocenters. The summed E-state index contributed by atoms with van der Waals surface area (Å²) >= 11 is 5.76. The summed E-state index contributed by atoms with van der Waals surface area (Å²) < 4.78 is 0. The van der Waals surface area contributed by atoms with Crippen LogP contribution in [0.4, 0.5) is 5.69 Å². The van der Waals surface area contributed by atoms with Gasteiger partial charge in [0.05, 0.1) is 19.2 Å². The number of benzene rings is 1. The molecular weight excluding hydrogens is 250 g/mol. The van der Waals surface area contributed by atoms with E-state index in [1.54, 1.807) is 29.2 Å². The molecule has 0 saturated carbocycles. The van der Waals surface area contributed by atoms with Crippen LogP contribution in [0.2, 0.25) is 5.02 Å². The van der Waals surface area contributed by atoms with Crippen LogP contribution in [0.25, 0.3) is 0 Å². The van der Waals surface area contributed by atoms with Crippen LogP contribution in [0.1, 0.15) is 13.8 Å². The van der Waals surface area contributed by atoms with Crippen LogP contribution in [0.15, 0.2) is 24.3 Å². The van der Waals surface area contributed by atoms with Gasteiger partial charge in [-0.3, -0.25) is 9.69 Å². The zero-order valence-electron chi connectivity index (χ0n) is 10.5. The van der Waals surface area contributed by atoms with Crippen molar-refractivity contribution in [2.24, 2.45) is 0 Å². The molecule has 0 aliphatic carbocycles. The third-order valence-corrected chi connectivity index (χ3v) is 2.73. The summed E-state index contributed by atoms with van der Waals surface area (Å²) in [4.78, 5) is 13.6. The Bertz CT molecular complexity index is 437. The van der Waals surface area contributed by atoms with E-state index in [2.05, 4.69) is 11.4 Å². The van der Waals surface area contributed by atoms with Crippen LogP contribution in [0, 0.1) is 11.3 Å². The Kier molecular flexibility index (Phi) is 5.63. The number of nitrogens with zero attached hydrogens (tertiary/aromatic N) is 2. The second-order valence-electron chi connectivity index (χ2n) is 4.21. The van der Waals surface area contributed by atoms with Crippen LogP contribution in [0.5, 0.6) is 0 Å². The number of carbonyl (C=O) groups is 1. The first kappa shape index (κ1) is 14.5. The molecule has 4 nitrogen and oxygen atoms in total. The van der Waals surface area contributed by atoms with Gasteiger partial charge in [0.2, 0.25) is 5.91 Å². The predicted octanol–water partition coefficient (Wildman–Crippen LogP) is 2.51. The zero-order valence-corrected chi connectivity index (χ0v) is 11.2. The van der Waals surface area contributed by atoms with Crippen LogP contribution >= 0.6 is 11.6 Å². The number of hydrogen-bond donors (Lipinski definition) is 1. The molecule has 1 N–H and O–H groups in total. The van der Waals surface area contributed by atoms with E-state index in [1.807, 2.05) is 13.8 Å². The SMILES string of the molecule is CC(C)N(CC#N)CC(=O)Nc1ccc(Cl)cc1. The lowest BCUT2D eigenvalue weighted by molar-refractivity contribution is -0.117. The van der Waals surface area contributed by atoms with Crippen LogP contribution < -0.4 is 5.32 Å². The minimum absolute atomic E-state index is 0.138. The van der Waals surface area contributed by atoms with Gasteiger partial charge in [-0.1, -0.05) is 11.6 Å². The van der Waals surface area contributed by atoms with E-state index < -0.39 is 0 Å². The molecule has 0 radical (unpaired) electrons. The molecule has 0 spiro atoms. The van der Waals surface area contributed by atoms with E-state index in [1.165, 1.54) is 0 Å². The molecule has 1 amide bonds. The van der Waals surface area contributed by atoms with Crippen molar-refractivity contribution in [1.82, 2.24) is 4.90 Å². The van der Waals surface area contributed by atoms with Gasteiger partial charge in [-0.15, -0.1) is 0 Å². The third-order valence-electron chi connectivity index (χ3n) is 2.48. The van der Waals surface area contributed by atoms with Gasteiger partial charge in [0.1, 0.15) is 0 Å². The van der Waals surface area contributed by atoms with Crippen LogP contribution in [0.3, 0.4) is 0 Å². The maximum absolute atomic E-state index is 11.8. The number of nitriles is 1. The van der Waals surface area contributed by atoms with Crippen molar-refractivity contribution < 1.29 is 4.79 Å². The molecule has 0 heterocycles. The van der Waals surface area contributed by atoms with Crippen LogP contribution in [-0.2, 0) is 4.79 Å². The standard InChI is InChI=1S/C13H16ClN3O/c1-10(2)17(8-7-15)9-13(18)16-12-5-3-11(14)4-6-12/h3-6,10H,8-9H2,1-2H3,(H,16,18). The quantitative estimate of drug-likeness (QED) is 0.833. The summed E-state index contributed by atoms with van der Waals surface area (Å²) in [5.41, 5.74) is 0.699. The first-order valence-corrected chi connectivity index (χ1v) is 6.07. The Morgan fingerprint density at radius 2 is 2.06 bits per heavy atom. The lowest BCUT2D eigenvalue weighted by Gasteiger charge is -2.22. The lowest BCUT2D eigenvalue weighted by atomic mass is 10.3. The van der Waals surface area contributed by atoms with Gasteiger partial charge < -0.3 is 5.32 Å². The minimum Gasteiger partial charge on any atom is -0.325 e. The molecule has 0 unspecified atom stereocenters. The molecule has 0 aliphatic heterocycles. The van der Waals surface area contributed by atoms with Gasteiger partial charge >= 0.3 is 0 Å². The molecule has 0 aromatic heterocycles. The Balaban J connectivity index is 2.55. The largest absolute Gasteiger partial charge is 0.325 e. The second kappa shape index (κ2) is 7.00. The second-order valence-corrected chi connectivity index (χ2v) is 4.65. The maximum Gasteiger partial charge on any atom is 0.238 e. The van der Waals surface area contributed by atoms with Crippen molar-refractivity contribution in [2.45, 2.75) is 19.9 Å². The number of hydrogen-bond acceptors (Lipinski definition) is 3. The molecule has 5 heteroatoms. The van der Waals surface area contributed by atoms with Gasteiger partial charge in [-0.25, -0.2) is 0 Å². The van der Waals surface area contributed by atoms with E-state index in [9.17, 15) is 4.79 Å². The Morgan fingerprint density at radius 3 is 2.56 bits per heavy atom. The predicted molar refractivity (Wildman–Crippen MR) is 72.4 cm³/mol. The number of halogens is 1. The van der Waals surface area contributed by atoms with Gasteiger partial charge in [-0.2, -0.15) is 5.26 Å². The Morgan fingerprint density at radius 1 is 1.44 bits per heavy atom. The highest BCUT2D eigenvalue weighted by Crippen LogP contribution is 2.13. The molecule has 0 fully saturated rings. The van der Waals surface area contributed by atoms with E-state index in [4.69, 9.17) is 16.9 Å². The fraction of sp³-hybridized carbons (Fsp3) is 0.385. The average molecular weight is 266 g/mol. The van der Waals surface area contributed by atoms with Gasteiger partial charge in [-0.05, 0) is 38.1 Å². The summed E-state index contributed by atoms with van der Waals surface area (Å²) in [5.74, 6) is -0.138. The highest BCUT2D eigenvalue weighted by atomic mass is 35.5. The number of amides is 1. The normalized spacial score (nSPS) is 10.4. The van der Waals surface area contributed by atoms with E-state index in [-0.39, 0.29) is 25.0 Å². The van der Waals surface area contributed by atoms with E-state index >= 15 is 0 Å². The average Bonchev–Trinajstić information content (AvgIpc) is 2.31. The topological polar surface area (TPSA) is 56.1 Å². The summed E-state index contributed by atoms with van der Waals surface area (Å²) in [6, 6.07) is 9.12. The van der Waals surface area contributed by atoms with E-state index in [0.29, 0.717) is 10.7 Å². The zero-order chi connectivity index (χ0) is 13.5. The molecule has 1 aromatic rings. The third kappa shape index (κ3) is 4.74. The number of carbonyl (C=O) groups excluding carboxylic acids is 1. The molecule has 96 valence electrons. The summed E-state index contributed by atoms with van der Waals surface area (Å²) in [6.07, 6.45) is 0. The van der Waals surface area contributed by atoms with Crippen molar-refractivity contribution in [2.75, 3.05) is 18.4 Å². The highest BCUT2D eigenvalue weighted by Gasteiger charge is 2.13. The Hall–Kier alpha value is -1.57. The lowest BCUT2D eigenvalue weighted by Crippen LogP contribution is -2.38. The molecular formula is C13H16ClN3O. The van der Waals surface area contributed by atoms with Gasteiger partial charge in [0.25, 0.3) is 0 Å². The smallest absolute Gasteiger partial charge is 0.238 e. The molecule has 0 aliphatic rings. The fourth-order valence-corrected chi connectivity index (χ4v) is 1.56. The monoisotopic (exact) mass is 265 g/mol. The van der Waals surface area contributed by atoms with Gasteiger partial charge in [0, 0.05) is 16.8 Å². The minimum atomic E-state index is -0.138. The molecule has 18 heavy (non-hydrogen) atoms. The first-order valence-electron chi connectivity index (χ1n) is 5.69. The van der Waals surface area contributed by atoms with Crippen molar-refractivity contribution in [3.05, 3.63) is 29.3 Å². The van der Waals surface area contributed by atoms with E-state index in [0.717, 1.165) is 0 Å². The first-order chi connectivity index (χ1) is 8.52. The van der Waals surface area contributed by atoms with Crippen LogP contribution in [-0.4, -0.2) is 29.9 Å². The number of anilines is 1. The molecule has 0 saturated heterocycles. The summed E-state index contributed by atoms with van der Waals surface area (Å²) in [5, 5.41) is 12.1. The van der Waals surface area contributed by atoms with Crippen molar-refractivity contribution in [3.63, 3.8) is 0 Å². The maximum atomic E-state index is 11.8. The number of nitrogens with one attached hydrogen (secondary N) is 1. The van der Waals surface area contributed by atoms with Crippen molar-refractivity contribution in [3.8, 4) is 6.07 Å². The summed E-state index contributed by atoms with van der Waals surface area (Å²) in [6.45, 7) is 4.35. The summed E-state index contributed by atoms with van der Waals surface area (Å²) in [7, 11) is 0. The fourth-order valence-electron chi connectivity index (χ4n) is 1.43. The van der Waals surface area contributed by atoms with Crippen molar-refractivity contribution >= 4 is 23.2 Å². The number of rotatable bonds is 5. The Labute approximate surface area is 112 Å². The molecule has 0 bridgehead atoms. The van der Waals surface area contributed by atoms with Gasteiger partial charge in [0.15, 0.2) is 0 Å². The van der Waals surface area contributed by atoms with Crippen molar-refractivity contribution in [1.29, 1.82) is 5.26 Å². The molecule has 1 aromatic carbocycles. The highest BCUT2D eigenvalue weighted by molar-refractivity contribution is 6.30. The molecule has 1 rings (SSSR count).